The normalized spacial score (nSPS) is 11.8. The minimum atomic E-state index is -0.376. The van der Waals surface area contributed by atoms with Crippen LogP contribution in [0.25, 0.3) is 0 Å². The molecule has 3 rings (SSSR count). The number of benzene rings is 3. The predicted molar refractivity (Wildman–Crippen MR) is 124 cm³/mol. The lowest BCUT2D eigenvalue weighted by atomic mass is 10.1. The van der Waals surface area contributed by atoms with E-state index in [4.69, 9.17) is 9.47 Å². The van der Waals surface area contributed by atoms with Crippen LogP contribution in [-0.2, 0) is 11.3 Å². The lowest BCUT2D eigenvalue weighted by molar-refractivity contribution is 0.0183. The molecule has 0 aliphatic heterocycles. The minimum absolute atomic E-state index is 0.367. The second-order valence-corrected chi connectivity index (χ2v) is 7.45. The maximum absolute atomic E-state index is 13.1. The number of hydrogen-bond acceptors (Lipinski definition) is 4. The Morgan fingerprint density at radius 1 is 0.871 bits per heavy atom. The second-order valence-electron chi connectivity index (χ2n) is 7.45. The van der Waals surface area contributed by atoms with Gasteiger partial charge < -0.3 is 9.47 Å². The molecule has 0 N–H and O–H groups in total. The summed E-state index contributed by atoms with van der Waals surface area (Å²) in [6.07, 6.45) is 0.647. The Labute approximate surface area is 185 Å². The maximum atomic E-state index is 13.1. The van der Waals surface area contributed by atoms with Gasteiger partial charge in [-0.3, -0.25) is 4.90 Å². The molecule has 0 aromatic heterocycles. The fourth-order valence-corrected chi connectivity index (χ4v) is 3.61. The van der Waals surface area contributed by atoms with E-state index in [0.717, 1.165) is 25.1 Å². The smallest absolute Gasteiger partial charge is 0.342 e. The largest absolute Gasteiger partial charge is 0.493 e. The number of carbonyl (C=O) groups is 1. The van der Waals surface area contributed by atoms with Crippen LogP contribution in [-0.4, -0.2) is 30.6 Å². The van der Waals surface area contributed by atoms with Crippen molar-refractivity contribution in [3.63, 3.8) is 0 Å². The standard InChI is InChI=1S/C27H31NO3/c1-3-19-28(20-22-13-7-5-8-14-22)21-26(23-15-9-6-10-16-23)31-27(29)24-17-11-12-18-25(24)30-4-2/h5-18,26H,3-4,19-21H2,1-2H3. The molecule has 1 atom stereocenters. The van der Waals surface area contributed by atoms with Crippen molar-refractivity contribution < 1.29 is 14.3 Å². The van der Waals surface area contributed by atoms with Crippen molar-refractivity contribution in [2.24, 2.45) is 0 Å². The number of carbonyl (C=O) groups excluding carboxylic acids is 1. The molecule has 0 aliphatic rings. The summed E-state index contributed by atoms with van der Waals surface area (Å²) >= 11 is 0. The van der Waals surface area contributed by atoms with Gasteiger partial charge in [0.1, 0.15) is 17.4 Å². The van der Waals surface area contributed by atoms with Crippen molar-refractivity contribution in [1.29, 1.82) is 0 Å². The molecule has 4 heteroatoms. The molecule has 0 heterocycles. The van der Waals surface area contributed by atoms with Crippen LogP contribution in [0.3, 0.4) is 0 Å². The van der Waals surface area contributed by atoms with Gasteiger partial charge in [0.05, 0.1) is 6.61 Å². The van der Waals surface area contributed by atoms with Crippen LogP contribution >= 0.6 is 0 Å². The summed E-state index contributed by atoms with van der Waals surface area (Å²) in [5.41, 5.74) is 2.69. The Bertz CT molecular complexity index is 927. The van der Waals surface area contributed by atoms with Gasteiger partial charge in [-0.05, 0) is 43.1 Å². The molecule has 3 aromatic carbocycles. The predicted octanol–water partition coefficient (Wildman–Crippen LogP) is 5.90. The molecule has 3 aromatic rings. The molecule has 4 nitrogen and oxygen atoms in total. The maximum Gasteiger partial charge on any atom is 0.342 e. The number of esters is 1. The van der Waals surface area contributed by atoms with E-state index in [2.05, 4.69) is 36.1 Å². The molecule has 1 unspecified atom stereocenters. The molecular formula is C27H31NO3. The Morgan fingerprint density at radius 3 is 2.19 bits per heavy atom. The van der Waals surface area contributed by atoms with Gasteiger partial charge in [-0.15, -0.1) is 0 Å². The zero-order chi connectivity index (χ0) is 21.9. The van der Waals surface area contributed by atoms with E-state index in [9.17, 15) is 4.79 Å². The molecule has 0 spiro atoms. The van der Waals surface area contributed by atoms with Crippen LogP contribution in [0.5, 0.6) is 5.75 Å². The Kier molecular flexibility index (Phi) is 8.68. The summed E-state index contributed by atoms with van der Waals surface area (Å²) in [5.74, 6) is 0.186. The number of ether oxygens (including phenoxy) is 2. The number of para-hydroxylation sites is 1. The molecule has 31 heavy (non-hydrogen) atoms. The molecule has 0 radical (unpaired) electrons. The van der Waals surface area contributed by atoms with Crippen molar-refractivity contribution in [1.82, 2.24) is 4.90 Å². The number of nitrogens with zero attached hydrogens (tertiary/aromatic N) is 1. The summed E-state index contributed by atoms with van der Waals surface area (Å²) in [6.45, 7) is 6.92. The lowest BCUT2D eigenvalue weighted by Gasteiger charge is -2.28. The van der Waals surface area contributed by atoms with Gasteiger partial charge >= 0.3 is 5.97 Å². The molecule has 162 valence electrons. The van der Waals surface area contributed by atoms with Gasteiger partial charge in [0.25, 0.3) is 0 Å². The first kappa shape index (κ1) is 22.6. The van der Waals surface area contributed by atoms with E-state index in [1.54, 1.807) is 12.1 Å². The van der Waals surface area contributed by atoms with E-state index >= 15 is 0 Å². The van der Waals surface area contributed by atoms with Gasteiger partial charge in [0.15, 0.2) is 0 Å². The first-order valence-corrected chi connectivity index (χ1v) is 10.9. The van der Waals surface area contributed by atoms with E-state index in [0.29, 0.717) is 24.5 Å². The summed E-state index contributed by atoms with van der Waals surface area (Å²) in [5, 5.41) is 0. The highest BCUT2D eigenvalue weighted by Crippen LogP contribution is 2.25. The van der Waals surface area contributed by atoms with Gasteiger partial charge in [0, 0.05) is 13.1 Å². The van der Waals surface area contributed by atoms with Crippen LogP contribution in [0.15, 0.2) is 84.9 Å². The first-order chi connectivity index (χ1) is 15.2. The van der Waals surface area contributed by atoms with E-state index in [-0.39, 0.29) is 12.1 Å². The molecule has 0 amide bonds. The Balaban J connectivity index is 1.82. The van der Waals surface area contributed by atoms with Crippen molar-refractivity contribution in [2.75, 3.05) is 19.7 Å². The Hall–Kier alpha value is -3.11. The van der Waals surface area contributed by atoms with Gasteiger partial charge in [0.2, 0.25) is 0 Å². The topological polar surface area (TPSA) is 38.8 Å². The highest BCUT2D eigenvalue weighted by molar-refractivity contribution is 5.92. The number of hydrogen-bond donors (Lipinski definition) is 0. The van der Waals surface area contributed by atoms with Crippen molar-refractivity contribution in [3.8, 4) is 5.75 Å². The zero-order valence-corrected chi connectivity index (χ0v) is 18.4. The average molecular weight is 418 g/mol. The van der Waals surface area contributed by atoms with E-state index in [1.807, 2.05) is 55.5 Å². The molecule has 0 aliphatic carbocycles. The lowest BCUT2D eigenvalue weighted by Crippen LogP contribution is -2.31. The zero-order valence-electron chi connectivity index (χ0n) is 18.4. The van der Waals surface area contributed by atoms with Crippen LogP contribution in [0, 0.1) is 0 Å². The van der Waals surface area contributed by atoms with Crippen molar-refractivity contribution >= 4 is 5.97 Å². The van der Waals surface area contributed by atoms with Crippen LogP contribution in [0.2, 0.25) is 0 Å². The fourth-order valence-electron chi connectivity index (χ4n) is 3.61. The van der Waals surface area contributed by atoms with Crippen molar-refractivity contribution in [3.05, 3.63) is 102 Å². The molecule has 0 fully saturated rings. The average Bonchev–Trinajstić information content (AvgIpc) is 2.80. The molecule has 0 saturated carbocycles. The van der Waals surface area contributed by atoms with Crippen LogP contribution in [0.4, 0.5) is 0 Å². The summed E-state index contributed by atoms with van der Waals surface area (Å²) < 4.78 is 11.7. The third kappa shape index (κ3) is 6.69. The summed E-state index contributed by atoms with van der Waals surface area (Å²) in [7, 11) is 0. The second kappa shape index (κ2) is 11.9. The van der Waals surface area contributed by atoms with Crippen LogP contribution in [0.1, 0.15) is 47.9 Å². The third-order valence-corrected chi connectivity index (χ3v) is 5.04. The van der Waals surface area contributed by atoms with Gasteiger partial charge in [-0.1, -0.05) is 79.7 Å². The fraction of sp³-hybridized carbons (Fsp3) is 0.296. The van der Waals surface area contributed by atoms with Gasteiger partial charge in [-0.25, -0.2) is 4.79 Å². The van der Waals surface area contributed by atoms with E-state index in [1.165, 1.54) is 5.56 Å². The highest BCUT2D eigenvalue weighted by atomic mass is 16.5. The molecular weight excluding hydrogens is 386 g/mol. The SMILES string of the molecule is CCCN(Cc1ccccc1)CC(OC(=O)c1ccccc1OCC)c1ccccc1. The quantitative estimate of drug-likeness (QED) is 0.364. The monoisotopic (exact) mass is 417 g/mol. The van der Waals surface area contributed by atoms with Crippen LogP contribution < -0.4 is 4.74 Å². The highest BCUT2D eigenvalue weighted by Gasteiger charge is 2.23. The van der Waals surface area contributed by atoms with Crippen molar-refractivity contribution in [2.45, 2.75) is 32.9 Å². The first-order valence-electron chi connectivity index (χ1n) is 10.9. The van der Waals surface area contributed by atoms with Gasteiger partial charge in [-0.2, -0.15) is 0 Å². The third-order valence-electron chi connectivity index (χ3n) is 5.04. The molecule has 0 bridgehead atoms. The minimum Gasteiger partial charge on any atom is -0.493 e. The number of rotatable bonds is 11. The summed E-state index contributed by atoms with van der Waals surface area (Å²) in [6, 6.07) is 27.6. The van der Waals surface area contributed by atoms with E-state index < -0.39 is 0 Å². The molecule has 0 saturated heterocycles. The Morgan fingerprint density at radius 2 is 1.52 bits per heavy atom. The summed E-state index contributed by atoms with van der Waals surface area (Å²) in [4.78, 5) is 15.4.